The molecule has 3 rings (SSSR count). The zero-order chi connectivity index (χ0) is 19.6. The predicted molar refractivity (Wildman–Crippen MR) is 97.6 cm³/mol. The topological polar surface area (TPSA) is 111 Å². The maximum Gasteiger partial charge on any atom is 0.322 e. The molecule has 3 heterocycles. The number of hydrogen-bond donors (Lipinski definition) is 3. The van der Waals surface area contributed by atoms with E-state index >= 15 is 0 Å². The maximum absolute atomic E-state index is 12.6. The molecule has 27 heavy (non-hydrogen) atoms. The fourth-order valence-electron chi connectivity index (χ4n) is 4.11. The lowest BCUT2D eigenvalue weighted by atomic mass is 9.89. The van der Waals surface area contributed by atoms with Crippen LogP contribution in [0.2, 0.25) is 0 Å². The number of hydrogen-bond acceptors (Lipinski definition) is 5. The van der Waals surface area contributed by atoms with Crippen LogP contribution in [0.1, 0.15) is 33.1 Å². The summed E-state index contributed by atoms with van der Waals surface area (Å²) in [6.07, 6.45) is 2.09. The molecule has 0 bridgehead atoms. The van der Waals surface area contributed by atoms with E-state index in [1.54, 1.807) is 9.80 Å². The maximum atomic E-state index is 12.6. The van der Waals surface area contributed by atoms with Gasteiger partial charge in [0.2, 0.25) is 11.8 Å². The lowest BCUT2D eigenvalue weighted by Gasteiger charge is -2.37. The van der Waals surface area contributed by atoms with Crippen LogP contribution < -0.4 is 16.0 Å². The molecule has 0 aromatic carbocycles. The van der Waals surface area contributed by atoms with Gasteiger partial charge in [0.1, 0.15) is 6.04 Å². The number of urea groups is 1. The number of nitrogens with zero attached hydrogens (tertiary/aromatic N) is 2. The van der Waals surface area contributed by atoms with Crippen molar-refractivity contribution >= 4 is 23.8 Å². The summed E-state index contributed by atoms with van der Waals surface area (Å²) in [4.78, 5) is 51.7. The van der Waals surface area contributed by atoms with Gasteiger partial charge < -0.3 is 20.4 Å². The Morgan fingerprint density at radius 1 is 1.15 bits per heavy atom. The average Bonchev–Trinajstić information content (AvgIpc) is 2.96. The van der Waals surface area contributed by atoms with Crippen molar-refractivity contribution in [3.05, 3.63) is 0 Å². The Hall–Kier alpha value is -2.16. The number of piperazine rings is 1. The lowest BCUT2D eigenvalue weighted by Crippen LogP contribution is -2.58. The summed E-state index contributed by atoms with van der Waals surface area (Å²) in [5, 5.41) is 8.14. The molecule has 0 aromatic heterocycles. The summed E-state index contributed by atoms with van der Waals surface area (Å²) in [6, 6.07) is -1.15. The first-order valence-corrected chi connectivity index (χ1v) is 9.76. The molecule has 3 fully saturated rings. The van der Waals surface area contributed by atoms with E-state index in [9.17, 15) is 19.2 Å². The molecule has 9 nitrogen and oxygen atoms in total. The molecule has 3 N–H and O–H groups in total. The minimum Gasteiger partial charge on any atom is -0.341 e. The highest BCUT2D eigenvalue weighted by atomic mass is 16.2. The smallest absolute Gasteiger partial charge is 0.322 e. The Morgan fingerprint density at radius 2 is 1.85 bits per heavy atom. The summed E-state index contributed by atoms with van der Waals surface area (Å²) in [5.41, 5.74) is 0. The predicted octanol–water partition coefficient (Wildman–Crippen LogP) is -0.720. The summed E-state index contributed by atoms with van der Waals surface area (Å²) in [6.45, 7) is 6.60. The SMILES string of the molecule is CC(C)CC1NCCN(CC(=O)N2CCC(C3NC(=O)NC3=O)CC2)C1=O. The van der Waals surface area contributed by atoms with Gasteiger partial charge in [-0.1, -0.05) is 13.8 Å². The van der Waals surface area contributed by atoms with E-state index in [0.717, 1.165) is 6.42 Å². The van der Waals surface area contributed by atoms with Gasteiger partial charge in [-0.05, 0) is 31.1 Å². The molecule has 3 saturated heterocycles. The van der Waals surface area contributed by atoms with Crippen LogP contribution in [0.5, 0.6) is 0 Å². The highest BCUT2D eigenvalue weighted by molar-refractivity contribution is 6.04. The third-order valence-corrected chi connectivity index (χ3v) is 5.58. The molecule has 3 aliphatic rings. The normalized spacial score (nSPS) is 27.1. The second-order valence-corrected chi connectivity index (χ2v) is 8.05. The van der Waals surface area contributed by atoms with Crippen molar-refractivity contribution in [1.29, 1.82) is 0 Å². The number of imide groups is 1. The van der Waals surface area contributed by atoms with E-state index < -0.39 is 12.1 Å². The van der Waals surface area contributed by atoms with Crippen LogP contribution in [0.15, 0.2) is 0 Å². The third kappa shape index (κ3) is 4.58. The number of nitrogens with one attached hydrogen (secondary N) is 3. The van der Waals surface area contributed by atoms with Crippen molar-refractivity contribution in [2.24, 2.45) is 11.8 Å². The van der Waals surface area contributed by atoms with Gasteiger partial charge in [-0.3, -0.25) is 19.7 Å². The molecule has 0 aliphatic carbocycles. The first kappa shape index (κ1) is 19.6. The lowest BCUT2D eigenvalue weighted by molar-refractivity contribution is -0.144. The average molecular weight is 379 g/mol. The van der Waals surface area contributed by atoms with Gasteiger partial charge in [0.05, 0.1) is 12.6 Å². The summed E-state index contributed by atoms with van der Waals surface area (Å²) in [5.74, 6) is 0.119. The van der Waals surface area contributed by atoms with Gasteiger partial charge in [0.25, 0.3) is 5.91 Å². The number of piperidine rings is 1. The first-order chi connectivity index (χ1) is 12.8. The van der Waals surface area contributed by atoms with E-state index in [1.807, 2.05) is 0 Å². The molecule has 150 valence electrons. The zero-order valence-corrected chi connectivity index (χ0v) is 16.0. The molecule has 0 saturated carbocycles. The van der Waals surface area contributed by atoms with Crippen LogP contribution in [0.4, 0.5) is 4.79 Å². The zero-order valence-electron chi connectivity index (χ0n) is 16.0. The number of rotatable bonds is 5. The second kappa shape index (κ2) is 8.24. The van der Waals surface area contributed by atoms with Crippen molar-refractivity contribution in [1.82, 2.24) is 25.8 Å². The van der Waals surface area contributed by atoms with Crippen LogP contribution in [-0.4, -0.2) is 78.4 Å². The van der Waals surface area contributed by atoms with Crippen LogP contribution in [0.3, 0.4) is 0 Å². The highest BCUT2D eigenvalue weighted by Gasteiger charge is 2.38. The van der Waals surface area contributed by atoms with E-state index in [4.69, 9.17) is 0 Å². The molecule has 0 spiro atoms. The molecule has 5 amide bonds. The van der Waals surface area contributed by atoms with E-state index in [2.05, 4.69) is 29.8 Å². The Kier molecular flexibility index (Phi) is 5.98. The molecular weight excluding hydrogens is 350 g/mol. The van der Waals surface area contributed by atoms with Crippen LogP contribution in [0.25, 0.3) is 0 Å². The van der Waals surface area contributed by atoms with E-state index in [-0.39, 0.29) is 36.2 Å². The molecule has 2 unspecified atom stereocenters. The van der Waals surface area contributed by atoms with Crippen molar-refractivity contribution < 1.29 is 19.2 Å². The molecule has 0 radical (unpaired) electrons. The van der Waals surface area contributed by atoms with Gasteiger partial charge in [-0.2, -0.15) is 0 Å². The van der Waals surface area contributed by atoms with Gasteiger partial charge >= 0.3 is 6.03 Å². The fraction of sp³-hybridized carbons (Fsp3) is 0.778. The molecular formula is C18H29N5O4. The Morgan fingerprint density at radius 3 is 2.44 bits per heavy atom. The molecule has 0 aromatic rings. The van der Waals surface area contributed by atoms with E-state index in [0.29, 0.717) is 44.9 Å². The van der Waals surface area contributed by atoms with Crippen LogP contribution >= 0.6 is 0 Å². The first-order valence-electron chi connectivity index (χ1n) is 9.76. The van der Waals surface area contributed by atoms with Crippen molar-refractivity contribution in [3.63, 3.8) is 0 Å². The van der Waals surface area contributed by atoms with Crippen molar-refractivity contribution in [3.8, 4) is 0 Å². The van der Waals surface area contributed by atoms with Crippen LogP contribution in [0, 0.1) is 11.8 Å². The monoisotopic (exact) mass is 379 g/mol. The Labute approximate surface area is 159 Å². The molecule has 9 heteroatoms. The van der Waals surface area contributed by atoms with Crippen molar-refractivity contribution in [2.75, 3.05) is 32.7 Å². The van der Waals surface area contributed by atoms with Crippen molar-refractivity contribution in [2.45, 2.75) is 45.2 Å². The van der Waals surface area contributed by atoms with Crippen LogP contribution in [-0.2, 0) is 14.4 Å². The Balaban J connectivity index is 1.48. The van der Waals surface area contributed by atoms with Gasteiger partial charge in [-0.15, -0.1) is 0 Å². The number of carbonyl (C=O) groups is 4. The Bertz CT molecular complexity index is 615. The summed E-state index contributed by atoms with van der Waals surface area (Å²) in [7, 11) is 0. The molecule has 3 aliphatic heterocycles. The fourth-order valence-corrected chi connectivity index (χ4v) is 4.11. The summed E-state index contributed by atoms with van der Waals surface area (Å²) >= 11 is 0. The second-order valence-electron chi connectivity index (χ2n) is 8.05. The van der Waals surface area contributed by atoms with E-state index in [1.165, 1.54) is 0 Å². The summed E-state index contributed by atoms with van der Waals surface area (Å²) < 4.78 is 0. The number of amides is 5. The minimum atomic E-state index is -0.499. The standard InChI is InChI=1S/C18H29N5O4/c1-11(2)9-13-17(26)23(8-5-19-13)10-14(24)22-6-3-12(4-7-22)15-16(25)21-18(27)20-15/h11-13,15,19H,3-10H2,1-2H3,(H2,20,21,25,27). The van der Waals surface area contributed by atoms with Gasteiger partial charge in [-0.25, -0.2) is 4.79 Å². The quantitative estimate of drug-likeness (QED) is 0.546. The minimum absolute atomic E-state index is 0.00326. The largest absolute Gasteiger partial charge is 0.341 e. The highest BCUT2D eigenvalue weighted by Crippen LogP contribution is 2.23. The third-order valence-electron chi connectivity index (χ3n) is 5.58. The van der Waals surface area contributed by atoms with Gasteiger partial charge in [0.15, 0.2) is 0 Å². The van der Waals surface area contributed by atoms with Gasteiger partial charge in [0, 0.05) is 26.2 Å². The number of likely N-dealkylation sites (tertiary alicyclic amines) is 1. The molecule has 2 atom stereocenters. The number of carbonyl (C=O) groups excluding carboxylic acids is 4.